The van der Waals surface area contributed by atoms with E-state index in [0.717, 1.165) is 0 Å². The van der Waals surface area contributed by atoms with Crippen LogP contribution >= 0.6 is 15.3 Å². The van der Waals surface area contributed by atoms with Gasteiger partial charge in [-0.05, 0) is 0 Å². The van der Waals surface area contributed by atoms with Crippen LogP contribution in [-0.2, 0) is 0 Å². The fraction of sp³-hybridized carbons (Fsp3) is 1.00. The normalized spacial score (nSPS) is 15.0. The SMILES string of the molecule is C[SiH](C)C[SiH](C)Br. The Labute approximate surface area is 57.1 Å². The van der Waals surface area contributed by atoms with Crippen LogP contribution in [0, 0.1) is 0 Å². The molecule has 0 spiro atoms. The monoisotopic (exact) mass is 196 g/mol. The van der Waals surface area contributed by atoms with Gasteiger partial charge >= 0.3 is 0 Å². The maximum Gasteiger partial charge on any atom is 0.108 e. The molecular formula is C4H13BrSi2. The van der Waals surface area contributed by atoms with Crippen molar-refractivity contribution in [2.24, 2.45) is 0 Å². The molecule has 0 amide bonds. The van der Waals surface area contributed by atoms with Gasteiger partial charge in [0.15, 0.2) is 0 Å². The highest BCUT2D eigenvalue weighted by atomic mass is 79.9. The quantitative estimate of drug-likeness (QED) is 0.467. The van der Waals surface area contributed by atoms with Gasteiger partial charge in [-0.3, -0.25) is 0 Å². The molecule has 0 heterocycles. The van der Waals surface area contributed by atoms with Crippen LogP contribution < -0.4 is 0 Å². The number of rotatable bonds is 2. The summed E-state index contributed by atoms with van der Waals surface area (Å²) in [6, 6.07) is 0. The van der Waals surface area contributed by atoms with E-state index in [2.05, 4.69) is 34.9 Å². The minimum Gasteiger partial charge on any atom is -0.131 e. The Hall–Kier alpha value is 0.914. The number of hydrogen-bond donors (Lipinski definition) is 0. The molecule has 0 N–H and O–H groups in total. The van der Waals surface area contributed by atoms with Crippen LogP contribution in [0.25, 0.3) is 0 Å². The molecule has 0 aromatic rings. The molecule has 0 aliphatic heterocycles. The summed E-state index contributed by atoms with van der Waals surface area (Å²) in [5.41, 5.74) is 1.56. The Bertz CT molecular complexity index is 39.0. The number of hydrogen-bond acceptors (Lipinski definition) is 0. The van der Waals surface area contributed by atoms with Crippen molar-refractivity contribution in [2.45, 2.75) is 25.3 Å². The second kappa shape index (κ2) is 3.86. The van der Waals surface area contributed by atoms with Gasteiger partial charge in [0, 0.05) is 8.80 Å². The minimum absolute atomic E-state index is 0.214. The lowest BCUT2D eigenvalue weighted by Gasteiger charge is -2.00. The molecule has 0 aliphatic rings. The molecule has 0 aromatic carbocycles. The molecular weight excluding hydrogens is 184 g/mol. The molecule has 1 unspecified atom stereocenters. The maximum atomic E-state index is 3.65. The molecule has 0 radical (unpaired) electrons. The first-order valence-corrected chi connectivity index (χ1v) is 11.0. The highest BCUT2D eigenvalue weighted by Gasteiger charge is 2.00. The van der Waals surface area contributed by atoms with Crippen molar-refractivity contribution in [3.05, 3.63) is 0 Å². The lowest BCUT2D eigenvalue weighted by atomic mass is 11.8. The zero-order valence-corrected chi connectivity index (χ0v) is 9.14. The third-order valence-electron chi connectivity index (χ3n) is 0.796. The van der Waals surface area contributed by atoms with E-state index in [0.29, 0.717) is 0 Å². The fourth-order valence-electron chi connectivity index (χ4n) is 0.650. The standard InChI is InChI=1S/C4H13BrSi2/c1-6(2)4-7(3)5/h6-7H,4H2,1-3H3. The van der Waals surface area contributed by atoms with Crippen LogP contribution in [0.5, 0.6) is 0 Å². The van der Waals surface area contributed by atoms with Gasteiger partial charge in [-0.2, -0.15) is 0 Å². The van der Waals surface area contributed by atoms with Crippen molar-refractivity contribution in [3.8, 4) is 0 Å². The molecule has 0 nitrogen and oxygen atoms in total. The predicted molar refractivity (Wildman–Crippen MR) is 45.6 cm³/mol. The van der Waals surface area contributed by atoms with E-state index in [1.807, 2.05) is 0 Å². The lowest BCUT2D eigenvalue weighted by molar-refractivity contribution is 1.78. The van der Waals surface area contributed by atoms with E-state index in [9.17, 15) is 0 Å². The molecule has 7 heavy (non-hydrogen) atoms. The first kappa shape index (κ1) is 7.91. The van der Waals surface area contributed by atoms with Crippen molar-refractivity contribution >= 4 is 31.5 Å². The van der Waals surface area contributed by atoms with Crippen molar-refractivity contribution in [3.63, 3.8) is 0 Å². The fourth-order valence-corrected chi connectivity index (χ4v) is 12.6. The van der Waals surface area contributed by atoms with Crippen molar-refractivity contribution in [2.75, 3.05) is 0 Å². The highest BCUT2D eigenvalue weighted by Crippen LogP contribution is 2.02. The lowest BCUT2D eigenvalue weighted by Crippen LogP contribution is -2.08. The van der Waals surface area contributed by atoms with E-state index >= 15 is 0 Å². The molecule has 0 saturated carbocycles. The van der Waals surface area contributed by atoms with E-state index in [4.69, 9.17) is 0 Å². The molecule has 0 fully saturated rings. The molecule has 0 aromatic heterocycles. The first-order chi connectivity index (χ1) is 3.13. The highest BCUT2D eigenvalue weighted by molar-refractivity contribution is 9.24. The summed E-state index contributed by atoms with van der Waals surface area (Å²) in [5.74, 6) is 0. The van der Waals surface area contributed by atoms with E-state index in [1.54, 1.807) is 5.67 Å². The van der Waals surface area contributed by atoms with Crippen LogP contribution in [0.15, 0.2) is 0 Å². The summed E-state index contributed by atoms with van der Waals surface area (Å²) in [6.45, 7) is 7.17. The molecule has 0 aliphatic carbocycles. The summed E-state index contributed by atoms with van der Waals surface area (Å²) < 4.78 is 0. The number of halogens is 1. The first-order valence-electron chi connectivity index (χ1n) is 2.77. The minimum atomic E-state index is -0.354. The van der Waals surface area contributed by atoms with E-state index in [-0.39, 0.29) is 16.2 Å². The van der Waals surface area contributed by atoms with Crippen LogP contribution in [0.2, 0.25) is 25.3 Å². The zero-order chi connectivity index (χ0) is 5.86. The molecule has 0 saturated heterocycles. The van der Waals surface area contributed by atoms with Crippen molar-refractivity contribution in [1.82, 2.24) is 0 Å². The summed E-state index contributed by atoms with van der Waals surface area (Å²) >= 11 is 3.65. The third-order valence-corrected chi connectivity index (χ3v) is 10.5. The Balaban J connectivity index is 2.95. The van der Waals surface area contributed by atoms with Gasteiger partial charge in [0.25, 0.3) is 0 Å². The Morgan fingerprint density at radius 3 is 1.71 bits per heavy atom. The molecule has 44 valence electrons. The topological polar surface area (TPSA) is 0 Å². The Kier molecular flexibility index (Phi) is 4.36. The van der Waals surface area contributed by atoms with Crippen molar-refractivity contribution in [1.29, 1.82) is 0 Å². The van der Waals surface area contributed by atoms with Crippen LogP contribution in [0.3, 0.4) is 0 Å². The maximum absolute atomic E-state index is 3.65. The average molecular weight is 197 g/mol. The van der Waals surface area contributed by atoms with E-state index in [1.165, 1.54) is 0 Å². The molecule has 1 atom stereocenters. The summed E-state index contributed by atoms with van der Waals surface area (Å²) in [4.78, 5) is 0. The summed E-state index contributed by atoms with van der Waals surface area (Å²) in [7, 11) is -0.568. The second-order valence-corrected chi connectivity index (χ2v) is 13.3. The average Bonchev–Trinajstić information content (AvgIpc) is 1.27. The molecule has 3 heteroatoms. The summed E-state index contributed by atoms with van der Waals surface area (Å²) in [6.07, 6.45) is 0. The van der Waals surface area contributed by atoms with Gasteiger partial charge in [0.05, 0.1) is 0 Å². The van der Waals surface area contributed by atoms with Gasteiger partial charge < -0.3 is 0 Å². The van der Waals surface area contributed by atoms with E-state index < -0.39 is 0 Å². The molecule has 0 rings (SSSR count). The Morgan fingerprint density at radius 2 is 1.71 bits per heavy atom. The third kappa shape index (κ3) is 6.91. The zero-order valence-electron chi connectivity index (χ0n) is 5.24. The second-order valence-electron chi connectivity index (χ2n) is 2.41. The van der Waals surface area contributed by atoms with Gasteiger partial charge in [-0.25, -0.2) is 0 Å². The van der Waals surface area contributed by atoms with Crippen LogP contribution in [0.1, 0.15) is 0 Å². The van der Waals surface area contributed by atoms with Crippen LogP contribution in [0.4, 0.5) is 0 Å². The largest absolute Gasteiger partial charge is 0.131 e. The van der Waals surface area contributed by atoms with Gasteiger partial charge in [0.2, 0.25) is 0 Å². The summed E-state index contributed by atoms with van der Waals surface area (Å²) in [5, 5.41) is 0. The predicted octanol–water partition coefficient (Wildman–Crippen LogP) is 1.76. The van der Waals surface area contributed by atoms with Gasteiger partial charge in [0.1, 0.15) is 7.42 Å². The Morgan fingerprint density at radius 1 is 1.29 bits per heavy atom. The van der Waals surface area contributed by atoms with Crippen molar-refractivity contribution < 1.29 is 0 Å². The smallest absolute Gasteiger partial charge is 0.108 e. The molecule has 0 bridgehead atoms. The van der Waals surface area contributed by atoms with Gasteiger partial charge in [-0.1, -0.05) is 25.3 Å². The van der Waals surface area contributed by atoms with Gasteiger partial charge in [-0.15, -0.1) is 15.3 Å². The van der Waals surface area contributed by atoms with Crippen LogP contribution in [-0.4, -0.2) is 16.2 Å².